The number of aromatic nitrogens is 2. The van der Waals surface area contributed by atoms with Crippen LogP contribution in [0.5, 0.6) is 5.75 Å². The van der Waals surface area contributed by atoms with E-state index in [0.717, 1.165) is 60.4 Å². The van der Waals surface area contributed by atoms with Gasteiger partial charge in [0, 0.05) is 31.2 Å². The van der Waals surface area contributed by atoms with E-state index >= 15 is 0 Å². The van der Waals surface area contributed by atoms with E-state index in [-0.39, 0.29) is 6.04 Å². The zero-order valence-corrected chi connectivity index (χ0v) is 18.2. The van der Waals surface area contributed by atoms with E-state index in [0.29, 0.717) is 6.61 Å². The van der Waals surface area contributed by atoms with E-state index in [2.05, 4.69) is 52.6 Å². The van der Waals surface area contributed by atoms with E-state index in [1.165, 1.54) is 5.52 Å². The lowest BCUT2D eigenvalue weighted by Crippen LogP contribution is -2.45. The van der Waals surface area contributed by atoms with Gasteiger partial charge in [0.15, 0.2) is 0 Å². The number of hydrogen-bond donors (Lipinski definition) is 0. The Bertz CT molecular complexity index is 978. The zero-order chi connectivity index (χ0) is 20.4. The Morgan fingerprint density at radius 1 is 1.10 bits per heavy atom. The Kier molecular flexibility index (Phi) is 6.09. The molecule has 1 saturated heterocycles. The fourth-order valence-corrected chi connectivity index (χ4v) is 4.10. The van der Waals surface area contributed by atoms with Crippen LogP contribution in [0.4, 0.5) is 0 Å². The van der Waals surface area contributed by atoms with Gasteiger partial charge in [-0.15, -0.1) is 0 Å². The van der Waals surface area contributed by atoms with Gasteiger partial charge < -0.3 is 14.2 Å². The second-order valence-electron chi connectivity index (χ2n) is 7.89. The molecule has 1 unspecified atom stereocenters. The first-order valence-corrected chi connectivity index (χ1v) is 10.7. The Hall–Kier alpha value is -2.08. The molecular formula is C23H29ClN4O. The van der Waals surface area contributed by atoms with Crippen LogP contribution in [0.1, 0.15) is 24.4 Å². The van der Waals surface area contributed by atoms with Crippen LogP contribution in [0, 0.1) is 6.92 Å². The Balaban J connectivity index is 1.54. The predicted octanol–water partition coefficient (Wildman–Crippen LogP) is 4.39. The fourth-order valence-electron chi connectivity index (χ4n) is 3.98. The number of rotatable bonds is 6. The minimum absolute atomic E-state index is 0.272. The van der Waals surface area contributed by atoms with E-state index < -0.39 is 0 Å². The number of aryl methyl sites for hydroxylation is 1. The number of ether oxygens (including phenoxy) is 1. The van der Waals surface area contributed by atoms with Gasteiger partial charge in [-0.05, 0) is 56.8 Å². The highest BCUT2D eigenvalue weighted by atomic mass is 35.5. The zero-order valence-electron chi connectivity index (χ0n) is 17.4. The van der Waals surface area contributed by atoms with Crippen LogP contribution in [-0.2, 0) is 6.54 Å². The van der Waals surface area contributed by atoms with Crippen LogP contribution in [0.25, 0.3) is 11.0 Å². The lowest BCUT2D eigenvalue weighted by molar-refractivity contribution is 0.113. The highest BCUT2D eigenvalue weighted by molar-refractivity contribution is 6.31. The third kappa shape index (κ3) is 4.42. The molecule has 0 spiro atoms. The van der Waals surface area contributed by atoms with Crippen molar-refractivity contribution in [3.63, 3.8) is 0 Å². The standard InChI is InChI=1S/C23H29ClN4O/c1-17-16-19(8-9-20(17)24)29-15-14-28-22-7-5-4-6-21(22)25-23(28)18(2)27-12-10-26(3)11-13-27/h4-9,16,18H,10-15H2,1-3H3. The third-order valence-corrected chi connectivity index (χ3v) is 6.28. The van der Waals surface area contributed by atoms with E-state index in [1.807, 2.05) is 25.1 Å². The maximum atomic E-state index is 6.12. The minimum atomic E-state index is 0.272. The van der Waals surface area contributed by atoms with Crippen LogP contribution >= 0.6 is 11.6 Å². The molecule has 5 nitrogen and oxygen atoms in total. The SMILES string of the molecule is Cc1cc(OCCn2c(C(C)N3CCN(C)CC3)nc3ccccc32)ccc1Cl. The highest BCUT2D eigenvalue weighted by Gasteiger charge is 2.25. The summed E-state index contributed by atoms with van der Waals surface area (Å²) in [6, 6.07) is 14.4. The number of likely N-dealkylation sites (N-methyl/N-ethyl adjacent to an activating group) is 1. The number of fused-ring (bicyclic) bond motifs is 1. The van der Waals surface area contributed by atoms with Gasteiger partial charge in [0.1, 0.15) is 18.2 Å². The van der Waals surface area contributed by atoms with Gasteiger partial charge in [0.25, 0.3) is 0 Å². The maximum Gasteiger partial charge on any atom is 0.127 e. The molecule has 29 heavy (non-hydrogen) atoms. The predicted molar refractivity (Wildman–Crippen MR) is 119 cm³/mol. The van der Waals surface area contributed by atoms with Gasteiger partial charge in [-0.3, -0.25) is 4.90 Å². The van der Waals surface area contributed by atoms with Gasteiger partial charge in [-0.2, -0.15) is 0 Å². The molecule has 2 aromatic carbocycles. The third-order valence-electron chi connectivity index (χ3n) is 5.86. The van der Waals surface area contributed by atoms with Gasteiger partial charge in [0.05, 0.1) is 23.6 Å². The quantitative estimate of drug-likeness (QED) is 0.601. The molecule has 1 aliphatic heterocycles. The van der Waals surface area contributed by atoms with Crippen molar-refractivity contribution in [3.05, 3.63) is 58.9 Å². The molecule has 3 aromatic rings. The average Bonchev–Trinajstić information content (AvgIpc) is 3.09. The summed E-state index contributed by atoms with van der Waals surface area (Å²) in [4.78, 5) is 9.90. The number of imidazole rings is 1. The number of piperazine rings is 1. The Labute approximate surface area is 177 Å². The summed E-state index contributed by atoms with van der Waals surface area (Å²) in [5.74, 6) is 1.97. The summed E-state index contributed by atoms with van der Waals surface area (Å²) in [5.41, 5.74) is 3.24. The Morgan fingerprint density at radius 2 is 1.86 bits per heavy atom. The first kappa shape index (κ1) is 20.2. The van der Waals surface area contributed by atoms with Gasteiger partial charge in [-0.25, -0.2) is 4.98 Å². The van der Waals surface area contributed by atoms with Gasteiger partial charge in [-0.1, -0.05) is 23.7 Å². The van der Waals surface area contributed by atoms with Crippen molar-refractivity contribution in [2.24, 2.45) is 0 Å². The number of nitrogens with zero attached hydrogens (tertiary/aromatic N) is 4. The topological polar surface area (TPSA) is 33.5 Å². The lowest BCUT2D eigenvalue weighted by Gasteiger charge is -2.36. The molecule has 0 N–H and O–H groups in total. The molecule has 4 rings (SSSR count). The van der Waals surface area contributed by atoms with Crippen molar-refractivity contribution >= 4 is 22.6 Å². The molecule has 1 atom stereocenters. The molecule has 0 aliphatic carbocycles. The number of hydrogen-bond acceptors (Lipinski definition) is 4. The number of benzene rings is 2. The smallest absolute Gasteiger partial charge is 0.127 e. The largest absolute Gasteiger partial charge is 0.492 e. The molecule has 2 heterocycles. The molecular weight excluding hydrogens is 384 g/mol. The monoisotopic (exact) mass is 412 g/mol. The van der Waals surface area contributed by atoms with E-state index in [1.54, 1.807) is 0 Å². The molecule has 1 aliphatic rings. The van der Waals surface area contributed by atoms with Crippen molar-refractivity contribution in [3.8, 4) is 5.75 Å². The highest BCUT2D eigenvalue weighted by Crippen LogP contribution is 2.26. The summed E-state index contributed by atoms with van der Waals surface area (Å²) >= 11 is 6.12. The van der Waals surface area contributed by atoms with E-state index in [4.69, 9.17) is 21.3 Å². The minimum Gasteiger partial charge on any atom is -0.492 e. The molecule has 1 fully saturated rings. The Morgan fingerprint density at radius 3 is 2.62 bits per heavy atom. The van der Waals surface area contributed by atoms with Crippen molar-refractivity contribution < 1.29 is 4.74 Å². The maximum absolute atomic E-state index is 6.12. The first-order valence-electron chi connectivity index (χ1n) is 10.3. The lowest BCUT2D eigenvalue weighted by atomic mass is 10.2. The first-order chi connectivity index (χ1) is 14.0. The van der Waals surface area contributed by atoms with Crippen LogP contribution in [0.3, 0.4) is 0 Å². The number of para-hydroxylation sites is 2. The molecule has 0 bridgehead atoms. The molecule has 0 saturated carbocycles. The summed E-state index contributed by atoms with van der Waals surface area (Å²) < 4.78 is 8.35. The van der Waals surface area contributed by atoms with Gasteiger partial charge in [0.2, 0.25) is 0 Å². The molecule has 0 radical (unpaired) electrons. The van der Waals surface area contributed by atoms with Gasteiger partial charge >= 0.3 is 0 Å². The average molecular weight is 413 g/mol. The molecule has 6 heteroatoms. The van der Waals surface area contributed by atoms with Crippen molar-refractivity contribution in [2.75, 3.05) is 39.8 Å². The summed E-state index contributed by atoms with van der Waals surface area (Å²) in [6.07, 6.45) is 0. The fraction of sp³-hybridized carbons (Fsp3) is 0.435. The van der Waals surface area contributed by atoms with Crippen molar-refractivity contribution in [2.45, 2.75) is 26.4 Å². The summed E-state index contributed by atoms with van der Waals surface area (Å²) in [7, 11) is 2.19. The second kappa shape index (κ2) is 8.74. The van der Waals surface area contributed by atoms with Crippen LogP contribution in [0.2, 0.25) is 5.02 Å². The van der Waals surface area contributed by atoms with Crippen LogP contribution < -0.4 is 4.74 Å². The van der Waals surface area contributed by atoms with Crippen LogP contribution in [-0.4, -0.2) is 59.2 Å². The summed E-state index contributed by atoms with van der Waals surface area (Å²) in [5, 5.41) is 0.765. The van der Waals surface area contributed by atoms with Crippen molar-refractivity contribution in [1.29, 1.82) is 0 Å². The summed E-state index contributed by atoms with van der Waals surface area (Å²) in [6.45, 7) is 9.95. The van der Waals surface area contributed by atoms with Crippen molar-refractivity contribution in [1.82, 2.24) is 19.4 Å². The van der Waals surface area contributed by atoms with Crippen LogP contribution in [0.15, 0.2) is 42.5 Å². The molecule has 1 aromatic heterocycles. The van der Waals surface area contributed by atoms with E-state index in [9.17, 15) is 0 Å². The number of halogens is 1. The normalized spacial score (nSPS) is 17.0. The molecule has 154 valence electrons. The second-order valence-corrected chi connectivity index (χ2v) is 8.29. The molecule has 0 amide bonds.